The van der Waals surface area contributed by atoms with Gasteiger partial charge < -0.3 is 10.2 Å². The lowest BCUT2D eigenvalue weighted by atomic mass is 9.98. The Kier molecular flexibility index (Phi) is 6.60. The zero-order valence-electron chi connectivity index (χ0n) is 15.1. The SMILES string of the molecule is CCN(CC)C(=O)CNC(=O)c1ccccc1-c1ccc(C(F)(F)F)cc1. The predicted molar refractivity (Wildman–Crippen MR) is 97.1 cm³/mol. The molecular weight excluding hydrogens is 357 g/mol. The molecule has 2 aromatic rings. The topological polar surface area (TPSA) is 49.4 Å². The lowest BCUT2D eigenvalue weighted by molar-refractivity contribution is -0.137. The second kappa shape index (κ2) is 8.70. The largest absolute Gasteiger partial charge is 0.416 e. The molecule has 2 amide bonds. The van der Waals surface area contributed by atoms with Gasteiger partial charge >= 0.3 is 6.18 Å². The van der Waals surface area contributed by atoms with E-state index in [1.807, 2.05) is 13.8 Å². The van der Waals surface area contributed by atoms with Gasteiger partial charge in [-0.2, -0.15) is 13.2 Å². The van der Waals surface area contributed by atoms with Gasteiger partial charge in [0.1, 0.15) is 0 Å². The van der Waals surface area contributed by atoms with E-state index in [2.05, 4.69) is 5.32 Å². The summed E-state index contributed by atoms with van der Waals surface area (Å²) in [6.07, 6.45) is -4.42. The van der Waals surface area contributed by atoms with E-state index >= 15 is 0 Å². The third kappa shape index (κ3) is 5.09. The molecule has 4 nitrogen and oxygen atoms in total. The fraction of sp³-hybridized carbons (Fsp3) is 0.300. The first-order valence-corrected chi connectivity index (χ1v) is 8.60. The summed E-state index contributed by atoms with van der Waals surface area (Å²) >= 11 is 0. The number of nitrogens with zero attached hydrogens (tertiary/aromatic N) is 1. The monoisotopic (exact) mass is 378 g/mol. The van der Waals surface area contributed by atoms with E-state index in [0.29, 0.717) is 29.8 Å². The Labute approximate surface area is 156 Å². The minimum atomic E-state index is -4.42. The summed E-state index contributed by atoms with van der Waals surface area (Å²) in [6.45, 7) is 4.66. The van der Waals surface area contributed by atoms with Crippen molar-refractivity contribution in [2.45, 2.75) is 20.0 Å². The highest BCUT2D eigenvalue weighted by Crippen LogP contribution is 2.31. The Balaban J connectivity index is 2.20. The summed E-state index contributed by atoms with van der Waals surface area (Å²) in [7, 11) is 0. The van der Waals surface area contributed by atoms with Crippen LogP contribution in [0.2, 0.25) is 0 Å². The quantitative estimate of drug-likeness (QED) is 0.827. The summed E-state index contributed by atoms with van der Waals surface area (Å²) in [6, 6.07) is 11.2. The number of amides is 2. The third-order valence-electron chi connectivity index (χ3n) is 4.21. The average Bonchev–Trinajstić information content (AvgIpc) is 2.66. The van der Waals surface area contributed by atoms with E-state index in [1.54, 1.807) is 29.2 Å². The Hall–Kier alpha value is -2.83. The van der Waals surface area contributed by atoms with Gasteiger partial charge in [-0.25, -0.2) is 0 Å². The van der Waals surface area contributed by atoms with Crippen molar-refractivity contribution in [3.05, 3.63) is 59.7 Å². The molecule has 2 rings (SSSR count). The van der Waals surface area contributed by atoms with Crippen LogP contribution in [0.1, 0.15) is 29.8 Å². The number of hydrogen-bond acceptors (Lipinski definition) is 2. The lowest BCUT2D eigenvalue weighted by Gasteiger charge is -2.19. The average molecular weight is 378 g/mol. The Morgan fingerprint density at radius 2 is 1.56 bits per heavy atom. The maximum absolute atomic E-state index is 12.7. The summed E-state index contributed by atoms with van der Waals surface area (Å²) < 4.78 is 38.2. The highest BCUT2D eigenvalue weighted by molar-refractivity contribution is 6.02. The van der Waals surface area contributed by atoms with E-state index in [4.69, 9.17) is 0 Å². The molecule has 0 bridgehead atoms. The van der Waals surface area contributed by atoms with Gasteiger partial charge in [0.15, 0.2) is 0 Å². The summed E-state index contributed by atoms with van der Waals surface area (Å²) in [5.41, 5.74) is 0.533. The number of carbonyl (C=O) groups is 2. The zero-order valence-corrected chi connectivity index (χ0v) is 15.1. The molecule has 7 heteroatoms. The fourth-order valence-corrected chi connectivity index (χ4v) is 2.71. The molecule has 0 spiro atoms. The highest BCUT2D eigenvalue weighted by atomic mass is 19.4. The molecule has 144 valence electrons. The van der Waals surface area contributed by atoms with E-state index < -0.39 is 17.6 Å². The molecule has 0 unspecified atom stereocenters. The minimum absolute atomic E-state index is 0.137. The Morgan fingerprint density at radius 1 is 0.963 bits per heavy atom. The van der Waals surface area contributed by atoms with Crippen LogP contribution in [-0.4, -0.2) is 36.3 Å². The van der Waals surface area contributed by atoms with Crippen LogP contribution < -0.4 is 5.32 Å². The van der Waals surface area contributed by atoms with E-state index in [9.17, 15) is 22.8 Å². The summed E-state index contributed by atoms with van der Waals surface area (Å²) in [5.74, 6) is -0.647. The van der Waals surface area contributed by atoms with Gasteiger partial charge in [0.05, 0.1) is 12.1 Å². The van der Waals surface area contributed by atoms with Crippen LogP contribution in [-0.2, 0) is 11.0 Å². The van der Waals surface area contributed by atoms with Gasteiger partial charge in [-0.15, -0.1) is 0 Å². The van der Waals surface area contributed by atoms with Crippen LogP contribution in [0.25, 0.3) is 11.1 Å². The Morgan fingerprint density at radius 3 is 2.11 bits per heavy atom. The number of likely N-dealkylation sites (N-methyl/N-ethyl adjacent to an activating group) is 1. The molecule has 0 fully saturated rings. The number of hydrogen-bond donors (Lipinski definition) is 1. The minimum Gasteiger partial charge on any atom is -0.343 e. The molecule has 27 heavy (non-hydrogen) atoms. The van der Waals surface area contributed by atoms with Gasteiger partial charge in [0.2, 0.25) is 5.91 Å². The predicted octanol–water partition coefficient (Wildman–Crippen LogP) is 3.97. The van der Waals surface area contributed by atoms with Crippen LogP contribution in [0, 0.1) is 0 Å². The van der Waals surface area contributed by atoms with Crippen molar-refractivity contribution in [2.24, 2.45) is 0 Å². The molecule has 0 heterocycles. The molecule has 2 aromatic carbocycles. The van der Waals surface area contributed by atoms with E-state index in [0.717, 1.165) is 12.1 Å². The molecule has 1 N–H and O–H groups in total. The molecular formula is C20H21F3N2O2. The van der Waals surface area contributed by atoms with Gasteiger partial charge in [-0.1, -0.05) is 30.3 Å². The van der Waals surface area contributed by atoms with Crippen molar-refractivity contribution >= 4 is 11.8 Å². The number of benzene rings is 2. The standard InChI is InChI=1S/C20H21F3N2O2/c1-3-25(4-2)18(26)13-24-19(27)17-8-6-5-7-16(17)14-9-11-15(12-10-14)20(21,22)23/h5-12H,3-4,13H2,1-2H3,(H,24,27). The van der Waals surface area contributed by atoms with Crippen molar-refractivity contribution in [2.75, 3.05) is 19.6 Å². The smallest absolute Gasteiger partial charge is 0.343 e. The fourth-order valence-electron chi connectivity index (χ4n) is 2.71. The molecule has 0 aliphatic rings. The van der Waals surface area contributed by atoms with Gasteiger partial charge in [0, 0.05) is 18.7 Å². The van der Waals surface area contributed by atoms with Crippen LogP contribution in [0.3, 0.4) is 0 Å². The number of rotatable bonds is 6. The van der Waals surface area contributed by atoms with Crippen LogP contribution in [0.15, 0.2) is 48.5 Å². The van der Waals surface area contributed by atoms with Gasteiger partial charge in [-0.3, -0.25) is 9.59 Å². The van der Waals surface area contributed by atoms with Crippen LogP contribution in [0.4, 0.5) is 13.2 Å². The van der Waals surface area contributed by atoms with Gasteiger partial charge in [0.25, 0.3) is 5.91 Å². The van der Waals surface area contributed by atoms with E-state index in [1.165, 1.54) is 12.1 Å². The van der Waals surface area contributed by atoms with Crippen molar-refractivity contribution in [1.82, 2.24) is 10.2 Å². The maximum Gasteiger partial charge on any atom is 0.416 e. The van der Waals surface area contributed by atoms with Crippen molar-refractivity contribution in [3.63, 3.8) is 0 Å². The normalized spacial score (nSPS) is 11.1. The zero-order chi connectivity index (χ0) is 20.0. The highest BCUT2D eigenvalue weighted by Gasteiger charge is 2.30. The number of alkyl halides is 3. The summed E-state index contributed by atoms with van der Waals surface area (Å²) in [4.78, 5) is 26.1. The van der Waals surface area contributed by atoms with Crippen molar-refractivity contribution in [1.29, 1.82) is 0 Å². The molecule has 0 saturated carbocycles. The van der Waals surface area contributed by atoms with Crippen molar-refractivity contribution in [3.8, 4) is 11.1 Å². The first-order valence-electron chi connectivity index (χ1n) is 8.60. The molecule has 0 aliphatic heterocycles. The second-order valence-electron chi connectivity index (χ2n) is 5.87. The first-order chi connectivity index (χ1) is 12.8. The molecule has 0 aliphatic carbocycles. The van der Waals surface area contributed by atoms with Crippen LogP contribution >= 0.6 is 0 Å². The molecule has 0 radical (unpaired) electrons. The maximum atomic E-state index is 12.7. The lowest BCUT2D eigenvalue weighted by Crippen LogP contribution is -2.40. The number of halogens is 3. The molecule has 0 saturated heterocycles. The number of nitrogens with one attached hydrogen (secondary N) is 1. The van der Waals surface area contributed by atoms with Crippen molar-refractivity contribution < 1.29 is 22.8 Å². The Bertz CT molecular complexity index is 798. The van der Waals surface area contributed by atoms with E-state index in [-0.39, 0.29) is 12.5 Å². The number of carbonyl (C=O) groups excluding carboxylic acids is 2. The van der Waals surface area contributed by atoms with Crippen LogP contribution in [0.5, 0.6) is 0 Å². The first kappa shape index (κ1) is 20.5. The summed E-state index contributed by atoms with van der Waals surface area (Å²) in [5, 5.41) is 2.58. The molecule has 0 aromatic heterocycles. The second-order valence-corrected chi connectivity index (χ2v) is 5.87. The molecule has 0 atom stereocenters. The van der Waals surface area contributed by atoms with Gasteiger partial charge in [-0.05, 0) is 43.2 Å². The third-order valence-corrected chi connectivity index (χ3v) is 4.21.